The highest BCUT2D eigenvalue weighted by molar-refractivity contribution is 5.92. The molecule has 4 bridgehead atoms. The maximum absolute atomic E-state index is 14.5. The molecule has 3 aliphatic rings. The molecule has 0 spiro atoms. The molecule has 2 fully saturated rings. The van der Waals surface area contributed by atoms with Crippen LogP contribution in [0.1, 0.15) is 77.2 Å². The number of carboxylic acid groups (broad SMARTS) is 1. The first-order valence-corrected chi connectivity index (χ1v) is 18.5. The lowest BCUT2D eigenvalue weighted by atomic mass is 9.82. The van der Waals surface area contributed by atoms with Crippen LogP contribution in [0.5, 0.6) is 11.5 Å². The summed E-state index contributed by atoms with van der Waals surface area (Å²) in [5, 5.41) is 11.7. The number of carbonyl (C=O) groups is 3. The normalized spacial score (nSPS) is 23.0. The predicted octanol–water partition coefficient (Wildman–Crippen LogP) is 7.83. The number of hydrogen-bond donors (Lipinski definition) is 2. The molecule has 0 unspecified atom stereocenters. The molecular formula is C41H50F3N3O7. The number of nitrogens with one attached hydrogen (secondary N) is 1. The number of ether oxygens (including phenoxy) is 3. The Bertz CT molecular complexity index is 1810. The zero-order valence-corrected chi connectivity index (χ0v) is 31.3. The number of allylic oxidation sites excluding steroid dienone is 1. The number of fused-ring (bicyclic) bond motifs is 3. The highest BCUT2D eigenvalue weighted by Crippen LogP contribution is 2.38. The van der Waals surface area contributed by atoms with E-state index in [1.165, 1.54) is 13.5 Å². The lowest BCUT2D eigenvalue weighted by Gasteiger charge is -2.34. The Morgan fingerprint density at radius 3 is 2.39 bits per heavy atom. The Kier molecular flexibility index (Phi) is 13.3. The fourth-order valence-corrected chi connectivity index (χ4v) is 7.60. The van der Waals surface area contributed by atoms with Gasteiger partial charge in [0.1, 0.15) is 23.6 Å². The van der Waals surface area contributed by atoms with E-state index in [0.29, 0.717) is 18.7 Å². The molecule has 1 amide bonds. The number of carboxylic acids is 1. The van der Waals surface area contributed by atoms with E-state index in [1.54, 1.807) is 12.0 Å². The SMILES string of the molecule is COC(=O)[C@@H]1C[C@@H]2CN1C(=O)[C@H](C1CCCCC1)NCCCC(C)(C)C/C=C\c1cc3c(cc(-c4ccccc4)nc3cc1OC)O2.O=C(O)C(F)(F)F. The van der Waals surface area contributed by atoms with Crippen molar-refractivity contribution in [2.45, 2.75) is 96.0 Å². The van der Waals surface area contributed by atoms with Crippen molar-refractivity contribution in [2.24, 2.45) is 11.3 Å². The van der Waals surface area contributed by atoms with Gasteiger partial charge >= 0.3 is 18.1 Å². The molecule has 1 saturated heterocycles. The molecule has 3 atom stereocenters. The first-order valence-electron chi connectivity index (χ1n) is 18.5. The summed E-state index contributed by atoms with van der Waals surface area (Å²) in [6.45, 7) is 5.65. The molecule has 2 N–H and O–H groups in total. The lowest BCUT2D eigenvalue weighted by molar-refractivity contribution is -0.192. The van der Waals surface area contributed by atoms with Crippen molar-refractivity contribution >= 4 is 34.8 Å². The summed E-state index contributed by atoms with van der Waals surface area (Å²) in [6.07, 6.45) is 7.65. The van der Waals surface area contributed by atoms with Crippen LogP contribution in [0.3, 0.4) is 0 Å². The van der Waals surface area contributed by atoms with Gasteiger partial charge in [-0.2, -0.15) is 13.2 Å². The molecular weight excluding hydrogens is 703 g/mol. The number of amides is 1. The summed E-state index contributed by atoms with van der Waals surface area (Å²) >= 11 is 0. The minimum Gasteiger partial charge on any atom is -0.496 e. The van der Waals surface area contributed by atoms with Gasteiger partial charge in [-0.25, -0.2) is 14.6 Å². The smallest absolute Gasteiger partial charge is 0.490 e. The largest absolute Gasteiger partial charge is 0.496 e. The second kappa shape index (κ2) is 17.7. The number of methoxy groups -OCH3 is 2. The molecule has 0 radical (unpaired) electrons. The van der Waals surface area contributed by atoms with Gasteiger partial charge in [0.15, 0.2) is 0 Å². The van der Waals surface area contributed by atoms with Crippen molar-refractivity contribution in [3.63, 3.8) is 0 Å². The van der Waals surface area contributed by atoms with E-state index in [1.807, 2.05) is 42.5 Å². The molecule has 54 heavy (non-hydrogen) atoms. The molecule has 292 valence electrons. The van der Waals surface area contributed by atoms with E-state index >= 15 is 0 Å². The summed E-state index contributed by atoms with van der Waals surface area (Å²) < 4.78 is 49.6. The van der Waals surface area contributed by atoms with Crippen molar-refractivity contribution < 1.29 is 46.9 Å². The minimum atomic E-state index is -5.08. The molecule has 3 aromatic rings. The predicted molar refractivity (Wildman–Crippen MR) is 199 cm³/mol. The molecule has 1 aromatic heterocycles. The number of aliphatic carboxylic acids is 1. The number of halogens is 3. The van der Waals surface area contributed by atoms with E-state index < -0.39 is 30.3 Å². The van der Waals surface area contributed by atoms with Crippen LogP contribution in [-0.2, 0) is 19.1 Å². The molecule has 10 nitrogen and oxygen atoms in total. The maximum atomic E-state index is 14.5. The van der Waals surface area contributed by atoms with Gasteiger partial charge in [0.05, 0.1) is 38.0 Å². The molecule has 2 aromatic carbocycles. The maximum Gasteiger partial charge on any atom is 0.490 e. The molecule has 1 saturated carbocycles. The van der Waals surface area contributed by atoms with Gasteiger partial charge in [0, 0.05) is 35.1 Å². The third-order valence-electron chi connectivity index (χ3n) is 10.5. The number of carbonyl (C=O) groups excluding carboxylic acids is 2. The summed E-state index contributed by atoms with van der Waals surface area (Å²) in [5.74, 6) is -1.52. The first kappa shape index (κ1) is 40.5. The summed E-state index contributed by atoms with van der Waals surface area (Å²) in [6, 6.07) is 15.0. The van der Waals surface area contributed by atoms with Crippen molar-refractivity contribution in [3.05, 3.63) is 60.2 Å². The molecule has 1 aliphatic carbocycles. The van der Waals surface area contributed by atoms with Gasteiger partial charge in [0.25, 0.3) is 0 Å². The Morgan fingerprint density at radius 1 is 1.04 bits per heavy atom. The highest BCUT2D eigenvalue weighted by Gasteiger charge is 2.45. The van der Waals surface area contributed by atoms with Crippen molar-refractivity contribution in [1.82, 2.24) is 15.2 Å². The zero-order valence-electron chi connectivity index (χ0n) is 31.3. The fraction of sp³-hybridized carbons (Fsp3) is 0.512. The second-order valence-electron chi connectivity index (χ2n) is 15.0. The zero-order chi connectivity index (χ0) is 39.0. The number of esters is 1. The van der Waals surface area contributed by atoms with Crippen LogP contribution in [0.25, 0.3) is 28.2 Å². The van der Waals surface area contributed by atoms with Gasteiger partial charge in [0.2, 0.25) is 5.91 Å². The van der Waals surface area contributed by atoms with Gasteiger partial charge in [-0.1, -0.05) is 75.6 Å². The molecule has 13 heteroatoms. The van der Waals surface area contributed by atoms with Gasteiger partial charge in [-0.3, -0.25) is 4.79 Å². The van der Waals surface area contributed by atoms with Crippen molar-refractivity contribution in [2.75, 3.05) is 27.3 Å². The number of hydrogen-bond acceptors (Lipinski definition) is 8. The Labute approximate surface area is 314 Å². The number of nitrogens with zero attached hydrogens (tertiary/aromatic N) is 2. The van der Waals surface area contributed by atoms with Crippen LogP contribution in [0.2, 0.25) is 0 Å². The molecule has 3 heterocycles. The minimum absolute atomic E-state index is 0.0155. The lowest BCUT2D eigenvalue weighted by Crippen LogP contribution is -2.54. The summed E-state index contributed by atoms with van der Waals surface area (Å²) in [7, 11) is 3.08. The van der Waals surface area contributed by atoms with Crippen molar-refractivity contribution in [3.8, 4) is 22.8 Å². The Balaban J connectivity index is 0.000000730. The van der Waals surface area contributed by atoms with Crippen LogP contribution >= 0.6 is 0 Å². The third-order valence-corrected chi connectivity index (χ3v) is 10.5. The Morgan fingerprint density at radius 2 is 1.74 bits per heavy atom. The number of benzene rings is 2. The van der Waals surface area contributed by atoms with Crippen LogP contribution in [-0.4, -0.2) is 84.5 Å². The number of aromatic nitrogens is 1. The summed E-state index contributed by atoms with van der Waals surface area (Å²) in [5.41, 5.74) is 3.53. The fourth-order valence-electron chi connectivity index (χ4n) is 7.60. The molecule has 6 rings (SSSR count). The topological polar surface area (TPSA) is 127 Å². The van der Waals surface area contributed by atoms with Crippen LogP contribution in [0.4, 0.5) is 13.2 Å². The average Bonchev–Trinajstić information content (AvgIpc) is 3.58. The van der Waals surface area contributed by atoms with Crippen molar-refractivity contribution in [1.29, 1.82) is 0 Å². The second-order valence-corrected chi connectivity index (χ2v) is 15.0. The third kappa shape index (κ3) is 10.1. The highest BCUT2D eigenvalue weighted by atomic mass is 19.4. The van der Waals surface area contributed by atoms with Gasteiger partial charge in [-0.15, -0.1) is 0 Å². The number of alkyl halides is 3. The van der Waals surface area contributed by atoms with E-state index in [0.717, 1.165) is 85.0 Å². The quantitative estimate of drug-likeness (QED) is 0.257. The van der Waals surface area contributed by atoms with Gasteiger partial charge < -0.3 is 29.5 Å². The Hall–Kier alpha value is -4.65. The van der Waals surface area contributed by atoms with Crippen LogP contribution in [0, 0.1) is 11.3 Å². The monoisotopic (exact) mass is 753 g/mol. The average molecular weight is 754 g/mol. The van der Waals surface area contributed by atoms with Crippen LogP contribution < -0.4 is 14.8 Å². The van der Waals surface area contributed by atoms with E-state index in [-0.39, 0.29) is 23.3 Å². The van der Waals surface area contributed by atoms with E-state index in [9.17, 15) is 22.8 Å². The standard InChI is InChI=1S/C39H49N3O5.C2HF3O2/c1-39(2)18-11-17-28-21-30-32(24-34(28)45-3)41-31(26-13-7-5-8-14-26)23-35(30)47-29-22-33(38(44)46-4)42(25-29)37(43)36(40-20-12-19-39)27-15-9-6-10-16-27;3-2(4,5)1(6)7/h5,7-8,11,13-14,17,21,23-24,27,29,33,36,40H,6,9-10,12,15-16,18-20,22,25H2,1-4H3;(H,6,7)/b17-11-;/t29-,33+,36+;/m1./s1. The molecule has 2 aliphatic heterocycles. The summed E-state index contributed by atoms with van der Waals surface area (Å²) in [4.78, 5) is 43.3. The van der Waals surface area contributed by atoms with E-state index in [2.05, 4.69) is 37.4 Å². The van der Waals surface area contributed by atoms with Crippen LogP contribution in [0.15, 0.2) is 54.6 Å². The number of rotatable bonds is 4. The van der Waals surface area contributed by atoms with Gasteiger partial charge in [-0.05, 0) is 56.0 Å². The van der Waals surface area contributed by atoms with E-state index in [4.69, 9.17) is 29.1 Å². The first-order chi connectivity index (χ1) is 25.7. The number of pyridine rings is 1.